The first-order chi connectivity index (χ1) is 14.0. The van der Waals surface area contributed by atoms with E-state index in [2.05, 4.69) is 29.4 Å². The van der Waals surface area contributed by atoms with Gasteiger partial charge >= 0.3 is 6.03 Å². The zero-order chi connectivity index (χ0) is 20.4. The standard InChI is InChI=1S/C22H24N4O3/c1-24-10-11-25(19(15-24)17-7-3-2-4-8-17)21(28)18-9-5-6-16(12-18)14-26-20(27)13-23-22(26)29/h2-9,12,19H,10-11,13-15H2,1H3,(H,23,29)/t19-/m1/s1. The highest BCUT2D eigenvalue weighted by Gasteiger charge is 2.31. The van der Waals surface area contributed by atoms with Gasteiger partial charge in [-0.3, -0.25) is 14.5 Å². The van der Waals surface area contributed by atoms with Gasteiger partial charge in [-0.2, -0.15) is 0 Å². The summed E-state index contributed by atoms with van der Waals surface area (Å²) in [6.45, 7) is 2.43. The van der Waals surface area contributed by atoms with Crippen molar-refractivity contribution in [1.29, 1.82) is 0 Å². The van der Waals surface area contributed by atoms with E-state index in [1.54, 1.807) is 18.2 Å². The van der Waals surface area contributed by atoms with Gasteiger partial charge in [-0.15, -0.1) is 0 Å². The fourth-order valence-electron chi connectivity index (χ4n) is 3.89. The van der Waals surface area contributed by atoms with E-state index in [9.17, 15) is 14.4 Å². The molecule has 2 aliphatic rings. The van der Waals surface area contributed by atoms with Crippen LogP contribution in [0.5, 0.6) is 0 Å². The smallest absolute Gasteiger partial charge is 0.324 e. The molecule has 2 fully saturated rings. The average molecular weight is 392 g/mol. The molecule has 0 aromatic heterocycles. The number of amides is 4. The molecule has 2 aromatic carbocycles. The van der Waals surface area contributed by atoms with Crippen molar-refractivity contribution in [3.05, 3.63) is 71.3 Å². The Kier molecular flexibility index (Phi) is 5.31. The highest BCUT2D eigenvalue weighted by atomic mass is 16.2. The number of likely N-dealkylation sites (N-methyl/N-ethyl adjacent to an activating group) is 1. The maximum Gasteiger partial charge on any atom is 0.324 e. The van der Waals surface area contributed by atoms with Crippen LogP contribution in [-0.2, 0) is 11.3 Å². The van der Waals surface area contributed by atoms with Crippen molar-refractivity contribution in [3.63, 3.8) is 0 Å². The van der Waals surface area contributed by atoms with Crippen LogP contribution < -0.4 is 5.32 Å². The fraction of sp³-hybridized carbons (Fsp3) is 0.318. The third kappa shape index (κ3) is 4.00. The number of rotatable bonds is 4. The van der Waals surface area contributed by atoms with Crippen LogP contribution in [-0.4, -0.2) is 65.8 Å². The second kappa shape index (κ2) is 8.05. The summed E-state index contributed by atoms with van der Waals surface area (Å²) in [7, 11) is 2.07. The molecule has 0 radical (unpaired) electrons. The van der Waals surface area contributed by atoms with Crippen molar-refractivity contribution in [3.8, 4) is 0 Å². The van der Waals surface area contributed by atoms with Crippen molar-refractivity contribution in [2.45, 2.75) is 12.6 Å². The normalized spacial score (nSPS) is 20.1. The van der Waals surface area contributed by atoms with Crippen LogP contribution in [0.2, 0.25) is 0 Å². The van der Waals surface area contributed by atoms with Gasteiger partial charge in [0.1, 0.15) is 0 Å². The van der Waals surface area contributed by atoms with Gasteiger partial charge in [0.25, 0.3) is 5.91 Å². The van der Waals surface area contributed by atoms with E-state index in [1.807, 2.05) is 29.2 Å². The predicted octanol–water partition coefficient (Wildman–Crippen LogP) is 1.87. The molecule has 1 N–H and O–H groups in total. The first kappa shape index (κ1) is 19.1. The zero-order valence-corrected chi connectivity index (χ0v) is 16.4. The van der Waals surface area contributed by atoms with Crippen LogP contribution in [0.3, 0.4) is 0 Å². The molecule has 2 heterocycles. The summed E-state index contributed by atoms with van der Waals surface area (Å²) in [6.07, 6.45) is 0. The number of carbonyl (C=O) groups is 3. The number of imide groups is 1. The minimum atomic E-state index is -0.394. The summed E-state index contributed by atoms with van der Waals surface area (Å²) in [4.78, 5) is 42.3. The van der Waals surface area contributed by atoms with E-state index in [-0.39, 0.29) is 30.9 Å². The Hall–Kier alpha value is -3.19. The number of benzene rings is 2. The van der Waals surface area contributed by atoms with E-state index < -0.39 is 6.03 Å². The molecule has 0 saturated carbocycles. The molecule has 0 unspecified atom stereocenters. The van der Waals surface area contributed by atoms with Crippen molar-refractivity contribution < 1.29 is 14.4 Å². The largest absolute Gasteiger partial charge is 0.329 e. The summed E-state index contributed by atoms with van der Waals surface area (Å²) in [5.41, 5.74) is 2.44. The lowest BCUT2D eigenvalue weighted by molar-refractivity contribution is -0.125. The Bertz CT molecular complexity index is 915. The van der Waals surface area contributed by atoms with Gasteiger partial charge < -0.3 is 15.1 Å². The highest BCUT2D eigenvalue weighted by molar-refractivity contribution is 6.02. The zero-order valence-electron chi connectivity index (χ0n) is 16.4. The predicted molar refractivity (Wildman–Crippen MR) is 108 cm³/mol. The van der Waals surface area contributed by atoms with Gasteiger partial charge in [0, 0.05) is 25.2 Å². The molecule has 0 spiro atoms. The Labute approximate surface area is 169 Å². The lowest BCUT2D eigenvalue weighted by Crippen LogP contribution is -2.49. The molecule has 2 aromatic rings. The monoisotopic (exact) mass is 392 g/mol. The number of hydrogen-bond acceptors (Lipinski definition) is 4. The topological polar surface area (TPSA) is 73.0 Å². The van der Waals surface area contributed by atoms with Gasteiger partial charge in [-0.25, -0.2) is 4.79 Å². The average Bonchev–Trinajstić information content (AvgIpc) is 3.06. The van der Waals surface area contributed by atoms with E-state index in [0.717, 1.165) is 24.2 Å². The second-order valence-corrected chi connectivity index (χ2v) is 7.53. The minimum Gasteiger partial charge on any atom is -0.329 e. The molecule has 7 nitrogen and oxygen atoms in total. The fourth-order valence-corrected chi connectivity index (χ4v) is 3.89. The minimum absolute atomic E-state index is 0.0166. The number of nitrogens with one attached hydrogen (secondary N) is 1. The van der Waals surface area contributed by atoms with Gasteiger partial charge in [0.2, 0.25) is 5.91 Å². The first-order valence-electron chi connectivity index (χ1n) is 9.74. The molecule has 4 amide bonds. The van der Waals surface area contributed by atoms with Crippen molar-refractivity contribution in [1.82, 2.24) is 20.0 Å². The third-order valence-electron chi connectivity index (χ3n) is 5.48. The summed E-state index contributed by atoms with van der Waals surface area (Å²) in [6, 6.07) is 16.9. The van der Waals surface area contributed by atoms with Crippen LogP contribution >= 0.6 is 0 Å². The summed E-state index contributed by atoms with van der Waals surface area (Å²) < 4.78 is 0. The Morgan fingerprint density at radius 2 is 1.86 bits per heavy atom. The number of hydrogen-bond donors (Lipinski definition) is 1. The van der Waals surface area contributed by atoms with Crippen LogP contribution in [0.25, 0.3) is 0 Å². The first-order valence-corrected chi connectivity index (χ1v) is 9.74. The van der Waals surface area contributed by atoms with E-state index in [1.165, 1.54) is 4.90 Å². The third-order valence-corrected chi connectivity index (χ3v) is 5.48. The van der Waals surface area contributed by atoms with Gasteiger partial charge in [-0.1, -0.05) is 42.5 Å². The van der Waals surface area contributed by atoms with Crippen LogP contribution in [0.1, 0.15) is 27.5 Å². The van der Waals surface area contributed by atoms with Gasteiger partial charge in [0.05, 0.1) is 19.1 Å². The van der Waals surface area contributed by atoms with E-state index in [0.29, 0.717) is 12.1 Å². The Morgan fingerprint density at radius 1 is 1.07 bits per heavy atom. The summed E-state index contributed by atoms with van der Waals surface area (Å²) in [5, 5.41) is 2.51. The second-order valence-electron chi connectivity index (χ2n) is 7.53. The lowest BCUT2D eigenvalue weighted by Gasteiger charge is -2.40. The molecular formula is C22H24N4O3. The maximum atomic E-state index is 13.4. The van der Waals surface area contributed by atoms with Gasteiger partial charge in [0.15, 0.2) is 0 Å². The molecule has 4 rings (SSSR count). The van der Waals surface area contributed by atoms with Crippen LogP contribution in [0.15, 0.2) is 54.6 Å². The molecule has 2 aliphatic heterocycles. The molecule has 150 valence electrons. The number of nitrogens with zero attached hydrogens (tertiary/aromatic N) is 3. The quantitative estimate of drug-likeness (QED) is 0.807. The highest BCUT2D eigenvalue weighted by Crippen LogP contribution is 2.27. The SMILES string of the molecule is CN1CCN(C(=O)c2cccc(CN3C(=O)CNC3=O)c2)[C@@H](c2ccccc2)C1. The summed E-state index contributed by atoms with van der Waals surface area (Å²) in [5.74, 6) is -0.291. The molecule has 1 atom stereocenters. The maximum absolute atomic E-state index is 13.4. The Morgan fingerprint density at radius 3 is 2.59 bits per heavy atom. The van der Waals surface area contributed by atoms with E-state index >= 15 is 0 Å². The molecule has 0 aliphatic carbocycles. The molecule has 0 bridgehead atoms. The lowest BCUT2D eigenvalue weighted by atomic mass is 10.0. The van der Waals surface area contributed by atoms with Crippen LogP contribution in [0, 0.1) is 0 Å². The number of carbonyl (C=O) groups excluding carboxylic acids is 3. The number of piperazine rings is 1. The Balaban J connectivity index is 1.56. The van der Waals surface area contributed by atoms with Crippen LogP contribution in [0.4, 0.5) is 4.79 Å². The molecule has 2 saturated heterocycles. The van der Waals surface area contributed by atoms with Crippen molar-refractivity contribution in [2.24, 2.45) is 0 Å². The van der Waals surface area contributed by atoms with E-state index in [4.69, 9.17) is 0 Å². The molecule has 7 heteroatoms. The molecular weight excluding hydrogens is 368 g/mol. The summed E-state index contributed by atoms with van der Waals surface area (Å²) >= 11 is 0. The van der Waals surface area contributed by atoms with Crippen molar-refractivity contribution >= 4 is 17.8 Å². The van der Waals surface area contributed by atoms with Crippen molar-refractivity contribution in [2.75, 3.05) is 33.2 Å². The molecule has 29 heavy (non-hydrogen) atoms. The number of urea groups is 1. The van der Waals surface area contributed by atoms with Gasteiger partial charge in [-0.05, 0) is 30.3 Å².